The smallest absolute Gasteiger partial charge is 0.336 e. The van der Waals surface area contributed by atoms with Crippen molar-refractivity contribution in [3.63, 3.8) is 0 Å². The number of benzene rings is 1. The van der Waals surface area contributed by atoms with Gasteiger partial charge in [-0.3, -0.25) is 5.01 Å². The Labute approximate surface area is 99.9 Å². The number of nitrogens with zero attached hydrogens (tertiary/aromatic N) is 2. The fourth-order valence-electron chi connectivity index (χ4n) is 2.22. The Hall–Kier alpha value is -1.59. The number of hydrogen-bond donors (Lipinski definition) is 1. The predicted octanol–water partition coefficient (Wildman–Crippen LogP) is 1.28. The van der Waals surface area contributed by atoms with E-state index in [9.17, 15) is 4.79 Å². The monoisotopic (exact) mass is 233 g/mol. The first-order valence-corrected chi connectivity index (χ1v) is 5.83. The van der Waals surface area contributed by atoms with Crippen molar-refractivity contribution >= 4 is 11.7 Å². The van der Waals surface area contributed by atoms with E-state index in [1.165, 1.54) is 0 Å². The Bertz CT molecular complexity index is 430. The highest BCUT2D eigenvalue weighted by molar-refractivity contribution is 5.91. The molecule has 1 fully saturated rings. The Morgan fingerprint density at radius 3 is 2.76 bits per heavy atom. The Kier molecular flexibility index (Phi) is 2.70. The highest BCUT2D eigenvalue weighted by Gasteiger charge is 2.28. The summed E-state index contributed by atoms with van der Waals surface area (Å²) in [7, 11) is 0. The van der Waals surface area contributed by atoms with Crippen LogP contribution in [0.15, 0.2) is 24.3 Å². The maximum atomic E-state index is 12.0. The van der Waals surface area contributed by atoms with Crippen LogP contribution < -0.4 is 5.32 Å². The number of rotatable bonds is 1. The van der Waals surface area contributed by atoms with Gasteiger partial charge in [0.1, 0.15) is 0 Å². The number of morpholine rings is 1. The summed E-state index contributed by atoms with van der Waals surface area (Å²) < 4.78 is 5.30. The van der Waals surface area contributed by atoms with Crippen molar-refractivity contribution < 1.29 is 9.53 Å². The molecule has 2 amide bonds. The third kappa shape index (κ3) is 1.99. The molecule has 17 heavy (non-hydrogen) atoms. The SMILES string of the molecule is O=C1Nc2ccccc2CN1N1CCOCC1. The average Bonchev–Trinajstić information content (AvgIpc) is 2.39. The van der Waals surface area contributed by atoms with Gasteiger partial charge in [-0.25, -0.2) is 9.80 Å². The number of ether oxygens (including phenoxy) is 1. The summed E-state index contributed by atoms with van der Waals surface area (Å²) in [5.74, 6) is 0. The molecule has 3 rings (SSSR count). The fourth-order valence-corrected chi connectivity index (χ4v) is 2.22. The number of hydrogen-bond acceptors (Lipinski definition) is 3. The van der Waals surface area contributed by atoms with Gasteiger partial charge in [0.2, 0.25) is 0 Å². The Morgan fingerprint density at radius 1 is 1.18 bits per heavy atom. The maximum absolute atomic E-state index is 12.0. The summed E-state index contributed by atoms with van der Waals surface area (Å²) in [6, 6.07) is 7.86. The molecule has 0 atom stereocenters. The molecule has 0 aliphatic carbocycles. The van der Waals surface area contributed by atoms with Gasteiger partial charge in [-0.2, -0.15) is 0 Å². The number of amides is 2. The average molecular weight is 233 g/mol. The zero-order chi connectivity index (χ0) is 11.7. The molecule has 0 unspecified atom stereocenters. The molecule has 1 aromatic rings. The van der Waals surface area contributed by atoms with E-state index >= 15 is 0 Å². The van der Waals surface area contributed by atoms with Gasteiger partial charge in [0.25, 0.3) is 0 Å². The predicted molar refractivity (Wildman–Crippen MR) is 63.4 cm³/mol. The minimum Gasteiger partial charge on any atom is -0.379 e. The van der Waals surface area contributed by atoms with Gasteiger partial charge >= 0.3 is 6.03 Å². The summed E-state index contributed by atoms with van der Waals surface area (Å²) in [5, 5.41) is 6.73. The van der Waals surface area contributed by atoms with E-state index in [2.05, 4.69) is 10.3 Å². The standard InChI is InChI=1S/C12H15N3O2/c16-12-13-11-4-2-1-3-10(11)9-15(12)14-5-7-17-8-6-14/h1-4H,5-9H2,(H,13,16). The largest absolute Gasteiger partial charge is 0.379 e. The second-order valence-corrected chi connectivity index (χ2v) is 4.21. The van der Waals surface area contributed by atoms with Gasteiger partial charge in [-0.15, -0.1) is 0 Å². The maximum Gasteiger partial charge on any atom is 0.336 e. The summed E-state index contributed by atoms with van der Waals surface area (Å²) >= 11 is 0. The zero-order valence-electron chi connectivity index (χ0n) is 9.56. The Balaban J connectivity index is 1.81. The van der Waals surface area contributed by atoms with Crippen LogP contribution in [0.25, 0.3) is 0 Å². The molecular formula is C12H15N3O2. The summed E-state index contributed by atoms with van der Waals surface area (Å²) in [6.07, 6.45) is 0. The molecule has 5 heteroatoms. The lowest BCUT2D eigenvalue weighted by Gasteiger charge is -2.39. The van der Waals surface area contributed by atoms with Gasteiger partial charge in [0.05, 0.1) is 19.8 Å². The van der Waals surface area contributed by atoms with Crippen molar-refractivity contribution in [2.75, 3.05) is 31.6 Å². The second kappa shape index (κ2) is 4.35. The third-order valence-electron chi connectivity index (χ3n) is 3.14. The van der Waals surface area contributed by atoms with Crippen molar-refractivity contribution in [2.24, 2.45) is 0 Å². The van der Waals surface area contributed by atoms with Crippen molar-refractivity contribution in [2.45, 2.75) is 6.54 Å². The van der Waals surface area contributed by atoms with Crippen LogP contribution in [0.4, 0.5) is 10.5 Å². The topological polar surface area (TPSA) is 44.8 Å². The van der Waals surface area contributed by atoms with Crippen LogP contribution in [0.2, 0.25) is 0 Å². The highest BCUT2D eigenvalue weighted by atomic mass is 16.5. The first-order valence-electron chi connectivity index (χ1n) is 5.83. The number of carbonyl (C=O) groups excluding carboxylic acids is 1. The molecule has 2 aliphatic rings. The van der Waals surface area contributed by atoms with Gasteiger partial charge in [-0.1, -0.05) is 18.2 Å². The lowest BCUT2D eigenvalue weighted by molar-refractivity contribution is -0.0651. The van der Waals surface area contributed by atoms with Crippen LogP contribution in [0.1, 0.15) is 5.56 Å². The molecular weight excluding hydrogens is 218 g/mol. The van der Waals surface area contributed by atoms with Crippen LogP contribution >= 0.6 is 0 Å². The highest BCUT2D eigenvalue weighted by Crippen LogP contribution is 2.23. The molecule has 2 heterocycles. The van der Waals surface area contributed by atoms with Crippen LogP contribution in [0, 0.1) is 0 Å². The molecule has 0 aromatic heterocycles. The number of para-hydroxylation sites is 1. The Morgan fingerprint density at radius 2 is 1.94 bits per heavy atom. The van der Waals surface area contributed by atoms with Crippen LogP contribution in [-0.4, -0.2) is 42.4 Å². The molecule has 1 N–H and O–H groups in total. The van der Waals surface area contributed by atoms with E-state index in [0.29, 0.717) is 19.8 Å². The van der Waals surface area contributed by atoms with Crippen molar-refractivity contribution in [3.05, 3.63) is 29.8 Å². The lowest BCUT2D eigenvalue weighted by Crippen LogP contribution is -2.54. The van der Waals surface area contributed by atoms with Gasteiger partial charge < -0.3 is 10.1 Å². The summed E-state index contributed by atoms with van der Waals surface area (Å²) in [5.41, 5.74) is 2.07. The van der Waals surface area contributed by atoms with Crippen molar-refractivity contribution in [1.82, 2.24) is 10.0 Å². The number of fused-ring (bicyclic) bond motifs is 1. The second-order valence-electron chi connectivity index (χ2n) is 4.21. The van der Waals surface area contributed by atoms with E-state index in [1.807, 2.05) is 24.3 Å². The van der Waals surface area contributed by atoms with Gasteiger partial charge in [0, 0.05) is 18.8 Å². The van der Waals surface area contributed by atoms with E-state index in [4.69, 9.17) is 4.74 Å². The van der Waals surface area contributed by atoms with Gasteiger partial charge in [-0.05, 0) is 11.6 Å². The van der Waals surface area contributed by atoms with Gasteiger partial charge in [0.15, 0.2) is 0 Å². The molecule has 0 radical (unpaired) electrons. The number of carbonyl (C=O) groups is 1. The van der Waals surface area contributed by atoms with Crippen LogP contribution in [0.3, 0.4) is 0 Å². The lowest BCUT2D eigenvalue weighted by atomic mass is 10.1. The van der Waals surface area contributed by atoms with Crippen LogP contribution in [-0.2, 0) is 11.3 Å². The van der Waals surface area contributed by atoms with Crippen LogP contribution in [0.5, 0.6) is 0 Å². The molecule has 90 valence electrons. The summed E-state index contributed by atoms with van der Waals surface area (Å²) in [4.78, 5) is 12.0. The van der Waals surface area contributed by atoms with E-state index in [-0.39, 0.29) is 6.03 Å². The molecule has 0 saturated carbocycles. The minimum atomic E-state index is -0.0504. The zero-order valence-corrected chi connectivity index (χ0v) is 9.56. The molecule has 1 saturated heterocycles. The van der Waals surface area contributed by atoms with Crippen molar-refractivity contribution in [3.8, 4) is 0 Å². The van der Waals surface area contributed by atoms with Crippen molar-refractivity contribution in [1.29, 1.82) is 0 Å². The van der Waals surface area contributed by atoms with E-state index in [1.54, 1.807) is 5.01 Å². The molecule has 0 spiro atoms. The first-order chi connectivity index (χ1) is 8.34. The number of hydrazine groups is 1. The number of urea groups is 1. The number of anilines is 1. The van der Waals surface area contributed by atoms with E-state index < -0.39 is 0 Å². The molecule has 1 aromatic carbocycles. The quantitative estimate of drug-likeness (QED) is 0.794. The molecule has 2 aliphatic heterocycles. The summed E-state index contributed by atoms with van der Waals surface area (Å²) in [6.45, 7) is 3.56. The van der Waals surface area contributed by atoms with E-state index in [0.717, 1.165) is 24.3 Å². The normalized spacial score (nSPS) is 20.9. The minimum absolute atomic E-state index is 0.0504. The third-order valence-corrected chi connectivity index (χ3v) is 3.14. The molecule has 0 bridgehead atoms. The molecule has 5 nitrogen and oxygen atoms in total. The first kappa shape index (κ1) is 10.6. The number of nitrogens with one attached hydrogen (secondary N) is 1. The fraction of sp³-hybridized carbons (Fsp3) is 0.417.